The third-order valence-corrected chi connectivity index (χ3v) is 4.17. The van der Waals surface area contributed by atoms with Crippen LogP contribution in [0.15, 0.2) is 59.5 Å². The summed E-state index contributed by atoms with van der Waals surface area (Å²) in [5.74, 6) is -3.66. The molecule has 0 fully saturated rings. The van der Waals surface area contributed by atoms with Crippen LogP contribution in [0.4, 0.5) is 14.5 Å². The normalized spacial score (nSPS) is 10.9. The first kappa shape index (κ1) is 17.9. The summed E-state index contributed by atoms with van der Waals surface area (Å²) in [5, 5.41) is 3.40. The predicted octanol–water partition coefficient (Wildman–Crippen LogP) is 4.28. The molecule has 0 aliphatic carbocycles. The number of carbonyl (C=O) groups excluding carboxylic acids is 2. The van der Waals surface area contributed by atoms with Gasteiger partial charge < -0.3 is 15.0 Å². The highest BCUT2D eigenvalue weighted by Gasteiger charge is 2.13. The summed E-state index contributed by atoms with van der Waals surface area (Å²) < 4.78 is 29.5. The number of carbonyl (C=O) groups is 2. The molecule has 0 atom stereocenters. The number of H-pyrrole nitrogens is 1. The molecule has 134 valence electrons. The first-order chi connectivity index (χ1) is 12.5. The SMILES string of the molecule is O=C(COC(=O)c1cc2ccccc2[nH]1)Nc1ccc(SC(F)F)cc1. The number of fused-ring (bicyclic) bond motifs is 1. The van der Waals surface area contributed by atoms with Gasteiger partial charge in [0.25, 0.3) is 11.7 Å². The first-order valence-corrected chi connectivity index (χ1v) is 8.49. The molecule has 0 saturated heterocycles. The lowest BCUT2D eigenvalue weighted by Crippen LogP contribution is -2.21. The van der Waals surface area contributed by atoms with Crippen molar-refractivity contribution in [1.82, 2.24) is 4.98 Å². The summed E-state index contributed by atoms with van der Waals surface area (Å²) in [6.07, 6.45) is 0. The minimum atomic E-state index is -2.50. The van der Waals surface area contributed by atoms with Crippen molar-refractivity contribution in [2.75, 3.05) is 11.9 Å². The van der Waals surface area contributed by atoms with E-state index in [1.165, 1.54) is 24.3 Å². The molecule has 2 aromatic carbocycles. The number of nitrogens with one attached hydrogen (secondary N) is 2. The molecule has 0 radical (unpaired) electrons. The number of thioether (sulfide) groups is 1. The van der Waals surface area contributed by atoms with Crippen LogP contribution in [0, 0.1) is 0 Å². The lowest BCUT2D eigenvalue weighted by Gasteiger charge is -2.07. The molecule has 1 heterocycles. The van der Waals surface area contributed by atoms with E-state index in [2.05, 4.69) is 10.3 Å². The van der Waals surface area contributed by atoms with Crippen molar-refractivity contribution in [1.29, 1.82) is 0 Å². The zero-order valence-electron chi connectivity index (χ0n) is 13.4. The topological polar surface area (TPSA) is 71.2 Å². The standard InChI is InChI=1S/C18H14F2N2O3S/c19-18(20)26-13-7-5-12(6-8-13)21-16(23)10-25-17(24)15-9-11-3-1-2-4-14(11)22-15/h1-9,18,22H,10H2,(H,21,23). The molecule has 26 heavy (non-hydrogen) atoms. The molecular weight excluding hydrogens is 362 g/mol. The number of hydrogen-bond donors (Lipinski definition) is 2. The lowest BCUT2D eigenvalue weighted by atomic mass is 10.2. The number of ether oxygens (including phenoxy) is 1. The minimum absolute atomic E-state index is 0.257. The van der Waals surface area contributed by atoms with Crippen LogP contribution in [-0.2, 0) is 9.53 Å². The number of rotatable bonds is 6. The second-order valence-corrected chi connectivity index (χ2v) is 6.36. The summed E-state index contributed by atoms with van der Waals surface area (Å²) in [5.41, 5.74) is 1.48. The Balaban J connectivity index is 1.52. The third kappa shape index (κ3) is 4.60. The zero-order chi connectivity index (χ0) is 18.5. The molecule has 2 N–H and O–H groups in total. The molecule has 0 saturated carbocycles. The third-order valence-electron chi connectivity index (χ3n) is 3.45. The quantitative estimate of drug-likeness (QED) is 0.498. The molecule has 3 aromatic rings. The second kappa shape index (κ2) is 8.01. The molecule has 0 unspecified atom stereocenters. The van der Waals surface area contributed by atoms with Crippen LogP contribution in [0.2, 0.25) is 0 Å². The van der Waals surface area contributed by atoms with Gasteiger partial charge in [-0.25, -0.2) is 4.79 Å². The van der Waals surface area contributed by atoms with E-state index in [0.29, 0.717) is 22.3 Å². The zero-order valence-corrected chi connectivity index (χ0v) is 14.2. The monoisotopic (exact) mass is 376 g/mol. The van der Waals surface area contributed by atoms with Crippen molar-refractivity contribution >= 4 is 40.2 Å². The summed E-state index contributed by atoms with van der Waals surface area (Å²) >= 11 is 0.421. The van der Waals surface area contributed by atoms with Gasteiger partial charge in [-0.1, -0.05) is 30.0 Å². The van der Waals surface area contributed by atoms with Gasteiger partial charge in [-0.2, -0.15) is 8.78 Å². The number of anilines is 1. The molecule has 0 aliphatic rings. The molecule has 3 rings (SSSR count). The molecule has 0 spiro atoms. The largest absolute Gasteiger partial charge is 0.451 e. The molecule has 5 nitrogen and oxygen atoms in total. The first-order valence-electron chi connectivity index (χ1n) is 7.61. The molecular formula is C18H14F2N2O3S. The van der Waals surface area contributed by atoms with Crippen molar-refractivity contribution in [2.45, 2.75) is 10.7 Å². The van der Waals surface area contributed by atoms with Crippen LogP contribution >= 0.6 is 11.8 Å². The van der Waals surface area contributed by atoms with E-state index in [9.17, 15) is 18.4 Å². The number of amides is 1. The molecule has 0 bridgehead atoms. The summed E-state index contributed by atoms with van der Waals surface area (Å²) in [7, 11) is 0. The number of aromatic amines is 1. The number of halogens is 2. The maximum Gasteiger partial charge on any atom is 0.355 e. The van der Waals surface area contributed by atoms with E-state index in [4.69, 9.17) is 4.74 Å². The van der Waals surface area contributed by atoms with E-state index in [1.807, 2.05) is 24.3 Å². The van der Waals surface area contributed by atoms with Gasteiger partial charge in [0.2, 0.25) is 0 Å². The Hall–Kier alpha value is -2.87. The fourth-order valence-corrected chi connectivity index (χ4v) is 2.81. The lowest BCUT2D eigenvalue weighted by molar-refractivity contribution is -0.119. The van der Waals surface area contributed by atoms with Gasteiger partial charge in [0, 0.05) is 21.5 Å². The van der Waals surface area contributed by atoms with Crippen LogP contribution in [-0.4, -0.2) is 29.2 Å². The average molecular weight is 376 g/mol. The Bertz CT molecular complexity index is 893. The molecule has 0 aliphatic heterocycles. The molecule has 1 amide bonds. The van der Waals surface area contributed by atoms with Crippen molar-refractivity contribution in [2.24, 2.45) is 0 Å². The fourth-order valence-electron chi connectivity index (χ4n) is 2.31. The Morgan fingerprint density at radius 2 is 1.85 bits per heavy atom. The number of aromatic nitrogens is 1. The summed E-state index contributed by atoms with van der Waals surface area (Å²) in [4.78, 5) is 27.2. The second-order valence-electron chi connectivity index (χ2n) is 5.30. The number of esters is 1. The Morgan fingerprint density at radius 3 is 2.54 bits per heavy atom. The average Bonchev–Trinajstić information content (AvgIpc) is 3.05. The van der Waals surface area contributed by atoms with E-state index in [1.54, 1.807) is 6.07 Å². The smallest absolute Gasteiger partial charge is 0.355 e. The van der Waals surface area contributed by atoms with E-state index in [-0.39, 0.29) is 5.69 Å². The maximum absolute atomic E-state index is 12.3. The molecule has 1 aromatic heterocycles. The fraction of sp³-hybridized carbons (Fsp3) is 0.111. The maximum atomic E-state index is 12.3. The molecule has 8 heteroatoms. The number of benzene rings is 2. The predicted molar refractivity (Wildman–Crippen MR) is 95.5 cm³/mol. The van der Waals surface area contributed by atoms with Crippen LogP contribution in [0.25, 0.3) is 10.9 Å². The summed E-state index contributed by atoms with van der Waals surface area (Å²) in [6.45, 7) is -0.457. The van der Waals surface area contributed by atoms with Gasteiger partial charge >= 0.3 is 5.97 Å². The Kier molecular flexibility index (Phi) is 5.52. The van der Waals surface area contributed by atoms with Crippen molar-refractivity contribution < 1.29 is 23.1 Å². The van der Waals surface area contributed by atoms with Crippen LogP contribution in [0.1, 0.15) is 10.5 Å². The van der Waals surface area contributed by atoms with Crippen molar-refractivity contribution in [3.8, 4) is 0 Å². The highest BCUT2D eigenvalue weighted by Crippen LogP contribution is 2.26. The van der Waals surface area contributed by atoms with Crippen LogP contribution in [0.5, 0.6) is 0 Å². The number of hydrogen-bond acceptors (Lipinski definition) is 4. The number of para-hydroxylation sites is 1. The van der Waals surface area contributed by atoms with Crippen molar-refractivity contribution in [3.63, 3.8) is 0 Å². The van der Waals surface area contributed by atoms with Gasteiger partial charge in [-0.3, -0.25) is 4.79 Å². The Morgan fingerprint density at radius 1 is 1.12 bits per heavy atom. The highest BCUT2D eigenvalue weighted by atomic mass is 32.2. The van der Waals surface area contributed by atoms with E-state index >= 15 is 0 Å². The van der Waals surface area contributed by atoms with E-state index in [0.717, 1.165) is 10.9 Å². The Labute approximate surface area is 151 Å². The summed E-state index contributed by atoms with van der Waals surface area (Å²) in [6, 6.07) is 15.0. The van der Waals surface area contributed by atoms with Crippen molar-refractivity contribution in [3.05, 3.63) is 60.3 Å². The van der Waals surface area contributed by atoms with E-state index < -0.39 is 24.2 Å². The highest BCUT2D eigenvalue weighted by molar-refractivity contribution is 7.99. The van der Waals surface area contributed by atoms with Crippen LogP contribution < -0.4 is 5.32 Å². The van der Waals surface area contributed by atoms with Gasteiger partial charge in [0.1, 0.15) is 5.69 Å². The van der Waals surface area contributed by atoms with Crippen LogP contribution in [0.3, 0.4) is 0 Å². The van der Waals surface area contributed by atoms with Gasteiger partial charge in [0.05, 0.1) is 0 Å². The van der Waals surface area contributed by atoms with Gasteiger partial charge in [0.15, 0.2) is 6.61 Å². The van der Waals surface area contributed by atoms with Gasteiger partial charge in [-0.05, 0) is 36.4 Å². The number of alkyl halides is 2. The van der Waals surface area contributed by atoms with Gasteiger partial charge in [-0.15, -0.1) is 0 Å². The minimum Gasteiger partial charge on any atom is -0.451 e.